The first kappa shape index (κ1) is 24.9. The summed E-state index contributed by atoms with van der Waals surface area (Å²) >= 11 is 0. The average molecular weight is 453 g/mol. The van der Waals surface area contributed by atoms with Crippen molar-refractivity contribution in [1.82, 2.24) is 4.90 Å². The third-order valence-electron chi connectivity index (χ3n) is 6.70. The lowest BCUT2D eigenvalue weighted by molar-refractivity contribution is -0.167. The lowest BCUT2D eigenvalue weighted by atomic mass is 9.78. The zero-order valence-corrected chi connectivity index (χ0v) is 20.0. The van der Waals surface area contributed by atoms with Gasteiger partial charge in [-0.05, 0) is 51.7 Å². The van der Waals surface area contributed by atoms with Gasteiger partial charge >= 0.3 is 0 Å². The van der Waals surface area contributed by atoms with Gasteiger partial charge in [0.25, 0.3) is 0 Å². The van der Waals surface area contributed by atoms with Crippen LogP contribution in [0.2, 0.25) is 0 Å². The zero-order valence-electron chi connectivity index (χ0n) is 20.0. The predicted molar refractivity (Wildman–Crippen MR) is 128 cm³/mol. The van der Waals surface area contributed by atoms with Crippen LogP contribution in [0, 0.1) is 5.41 Å². The first-order valence-corrected chi connectivity index (χ1v) is 11.6. The van der Waals surface area contributed by atoms with Crippen molar-refractivity contribution in [1.29, 1.82) is 0 Å². The molecule has 0 heterocycles. The standard InChI is InChI=1S/C27H36N2O4/c1-25(2,32)21(19-13-7-5-8-14-19)29(24(31)27(23(28)30)17-11-12-18-27)22(26(3,4)33)20-15-9-6-10-16-20/h5-10,13-16,21-22,32-33H,11-12,17-18H2,1-4H3,(H2,28,30)/t21-,22-/m1/s1. The molecule has 1 aliphatic carbocycles. The van der Waals surface area contributed by atoms with E-state index < -0.39 is 40.5 Å². The molecule has 0 aromatic heterocycles. The van der Waals surface area contributed by atoms with Crippen LogP contribution in [0.25, 0.3) is 0 Å². The number of benzene rings is 2. The molecule has 0 aliphatic heterocycles. The Morgan fingerprint density at radius 3 is 1.48 bits per heavy atom. The van der Waals surface area contributed by atoms with Crippen LogP contribution >= 0.6 is 0 Å². The number of hydrogen-bond acceptors (Lipinski definition) is 4. The van der Waals surface area contributed by atoms with Crippen molar-refractivity contribution in [3.63, 3.8) is 0 Å². The molecule has 3 rings (SSSR count). The van der Waals surface area contributed by atoms with Crippen molar-refractivity contribution in [2.75, 3.05) is 0 Å². The number of carbonyl (C=O) groups is 2. The van der Waals surface area contributed by atoms with Crippen molar-refractivity contribution in [3.8, 4) is 0 Å². The van der Waals surface area contributed by atoms with Gasteiger partial charge in [-0.1, -0.05) is 73.5 Å². The van der Waals surface area contributed by atoms with E-state index >= 15 is 0 Å². The molecule has 2 aromatic carbocycles. The molecule has 178 valence electrons. The molecule has 2 amide bonds. The van der Waals surface area contributed by atoms with E-state index in [-0.39, 0.29) is 0 Å². The molecular formula is C27H36N2O4. The van der Waals surface area contributed by atoms with Crippen LogP contribution in [-0.4, -0.2) is 38.1 Å². The first-order valence-electron chi connectivity index (χ1n) is 11.6. The topological polar surface area (TPSA) is 104 Å². The van der Waals surface area contributed by atoms with Crippen LogP contribution in [0.1, 0.15) is 76.6 Å². The highest BCUT2D eigenvalue weighted by Gasteiger charge is 2.55. The molecule has 6 heteroatoms. The van der Waals surface area contributed by atoms with Crippen molar-refractivity contribution < 1.29 is 19.8 Å². The highest BCUT2D eigenvalue weighted by atomic mass is 16.3. The fourth-order valence-electron chi connectivity index (χ4n) is 5.26. The number of carbonyl (C=O) groups excluding carboxylic acids is 2. The van der Waals surface area contributed by atoms with Crippen LogP contribution in [0.15, 0.2) is 60.7 Å². The SMILES string of the molecule is CC(C)(O)[C@@H](c1ccccc1)N(C(=O)C1(C(N)=O)CCCC1)[C@H](c1ccccc1)C(C)(C)O. The Kier molecular flexibility index (Phi) is 7.01. The predicted octanol–water partition coefficient (Wildman–Crippen LogP) is 3.89. The second kappa shape index (κ2) is 9.27. The monoisotopic (exact) mass is 452 g/mol. The fourth-order valence-corrected chi connectivity index (χ4v) is 5.26. The molecular weight excluding hydrogens is 416 g/mol. The smallest absolute Gasteiger partial charge is 0.239 e. The van der Waals surface area contributed by atoms with E-state index in [1.54, 1.807) is 27.7 Å². The van der Waals surface area contributed by atoms with Gasteiger partial charge in [0.1, 0.15) is 5.41 Å². The summed E-state index contributed by atoms with van der Waals surface area (Å²) in [7, 11) is 0. The van der Waals surface area contributed by atoms with E-state index in [1.165, 1.54) is 4.90 Å². The summed E-state index contributed by atoms with van der Waals surface area (Å²) in [5.74, 6) is -1.10. The Morgan fingerprint density at radius 2 is 1.18 bits per heavy atom. The van der Waals surface area contributed by atoms with Crippen molar-refractivity contribution in [3.05, 3.63) is 71.8 Å². The molecule has 6 nitrogen and oxygen atoms in total. The molecule has 33 heavy (non-hydrogen) atoms. The fraction of sp³-hybridized carbons (Fsp3) is 0.481. The van der Waals surface area contributed by atoms with Crippen LogP contribution in [0.5, 0.6) is 0 Å². The molecule has 1 fully saturated rings. The normalized spacial score (nSPS) is 17.9. The quantitative estimate of drug-likeness (QED) is 0.529. The highest BCUT2D eigenvalue weighted by molar-refractivity contribution is 6.05. The second-order valence-electron chi connectivity index (χ2n) is 10.3. The largest absolute Gasteiger partial charge is 0.388 e. The van der Waals surface area contributed by atoms with E-state index in [4.69, 9.17) is 5.73 Å². The van der Waals surface area contributed by atoms with Gasteiger partial charge in [0, 0.05) is 0 Å². The maximum atomic E-state index is 14.4. The number of nitrogens with two attached hydrogens (primary N) is 1. The van der Waals surface area contributed by atoms with E-state index in [0.717, 1.165) is 12.8 Å². The second-order valence-corrected chi connectivity index (χ2v) is 10.3. The van der Waals surface area contributed by atoms with Gasteiger partial charge < -0.3 is 20.8 Å². The number of aliphatic hydroxyl groups is 2. The molecule has 2 atom stereocenters. The van der Waals surface area contributed by atoms with Gasteiger partial charge in [0.2, 0.25) is 11.8 Å². The zero-order chi connectivity index (χ0) is 24.4. The minimum atomic E-state index is -1.38. The summed E-state index contributed by atoms with van der Waals surface area (Å²) in [6.07, 6.45) is 2.16. The lowest BCUT2D eigenvalue weighted by Crippen LogP contribution is -2.58. The summed E-state index contributed by atoms with van der Waals surface area (Å²) in [6.45, 7) is 6.57. The number of primary amides is 1. The molecule has 1 saturated carbocycles. The number of amides is 2. The van der Waals surface area contributed by atoms with Crippen molar-refractivity contribution in [2.45, 2.75) is 76.7 Å². The van der Waals surface area contributed by atoms with Crippen LogP contribution in [0.4, 0.5) is 0 Å². The van der Waals surface area contributed by atoms with Crippen LogP contribution in [-0.2, 0) is 9.59 Å². The molecule has 2 aromatic rings. The molecule has 4 N–H and O–H groups in total. The van der Waals surface area contributed by atoms with Gasteiger partial charge in [-0.2, -0.15) is 0 Å². The number of nitrogens with zero attached hydrogens (tertiary/aromatic N) is 1. The van der Waals surface area contributed by atoms with Crippen LogP contribution < -0.4 is 5.73 Å². The average Bonchev–Trinajstić information content (AvgIpc) is 3.24. The lowest BCUT2D eigenvalue weighted by Gasteiger charge is -2.49. The third kappa shape index (κ3) is 4.97. The maximum Gasteiger partial charge on any atom is 0.239 e. The Hall–Kier alpha value is -2.70. The van der Waals surface area contributed by atoms with Crippen molar-refractivity contribution in [2.24, 2.45) is 11.1 Å². The minimum Gasteiger partial charge on any atom is -0.388 e. The Balaban J connectivity index is 2.32. The molecule has 1 aliphatic rings. The van der Waals surface area contributed by atoms with Gasteiger partial charge in [0.15, 0.2) is 0 Å². The minimum absolute atomic E-state index is 0.360. The molecule has 0 saturated heterocycles. The Morgan fingerprint density at radius 1 is 0.818 bits per heavy atom. The number of rotatable bonds is 8. The van der Waals surface area contributed by atoms with E-state index in [0.29, 0.717) is 24.0 Å². The summed E-state index contributed by atoms with van der Waals surface area (Å²) < 4.78 is 0. The highest BCUT2D eigenvalue weighted by Crippen LogP contribution is 2.48. The first-order chi connectivity index (χ1) is 15.4. The molecule has 0 bridgehead atoms. The summed E-state index contributed by atoms with van der Waals surface area (Å²) in [5.41, 5.74) is 3.15. The molecule has 0 radical (unpaired) electrons. The van der Waals surface area contributed by atoms with Crippen molar-refractivity contribution >= 4 is 11.8 Å². The van der Waals surface area contributed by atoms with Gasteiger partial charge in [0.05, 0.1) is 23.3 Å². The maximum absolute atomic E-state index is 14.4. The number of hydrogen-bond donors (Lipinski definition) is 3. The van der Waals surface area contributed by atoms with E-state index in [2.05, 4.69) is 0 Å². The Bertz CT molecular complexity index is 898. The van der Waals surface area contributed by atoms with Gasteiger partial charge in [-0.25, -0.2) is 0 Å². The van der Waals surface area contributed by atoms with E-state index in [1.807, 2.05) is 60.7 Å². The van der Waals surface area contributed by atoms with Gasteiger partial charge in [-0.3, -0.25) is 9.59 Å². The summed E-state index contributed by atoms with van der Waals surface area (Å²) in [6, 6.07) is 16.8. The Labute approximate surface area is 196 Å². The molecule has 0 spiro atoms. The third-order valence-corrected chi connectivity index (χ3v) is 6.70. The van der Waals surface area contributed by atoms with Gasteiger partial charge in [-0.15, -0.1) is 0 Å². The molecule has 0 unspecified atom stereocenters. The summed E-state index contributed by atoms with van der Waals surface area (Å²) in [5, 5.41) is 22.8. The summed E-state index contributed by atoms with van der Waals surface area (Å²) in [4.78, 5) is 28.7. The van der Waals surface area contributed by atoms with E-state index in [9.17, 15) is 19.8 Å². The van der Waals surface area contributed by atoms with Crippen LogP contribution in [0.3, 0.4) is 0 Å².